The molecule has 35 heavy (non-hydrogen) atoms. The number of thiocarbonyl (C=S) groups is 1. The van der Waals surface area contributed by atoms with Crippen LogP contribution in [-0.4, -0.2) is 26.8 Å². The van der Waals surface area contributed by atoms with Crippen LogP contribution in [0.1, 0.15) is 40.3 Å². The molecule has 1 aliphatic heterocycles. The molecular weight excluding hydrogens is 478 g/mol. The minimum absolute atomic E-state index is 0.146. The summed E-state index contributed by atoms with van der Waals surface area (Å²) in [4.78, 5) is 11.5. The van der Waals surface area contributed by atoms with Gasteiger partial charge in [0.15, 0.2) is 5.11 Å². The topological polar surface area (TPSA) is 55.2 Å². The Morgan fingerprint density at radius 1 is 1.03 bits per heavy atom. The lowest BCUT2D eigenvalue weighted by molar-refractivity contribution is 0.415. The van der Waals surface area contributed by atoms with Crippen LogP contribution in [0.3, 0.4) is 0 Å². The van der Waals surface area contributed by atoms with E-state index in [1.807, 2.05) is 61.8 Å². The van der Waals surface area contributed by atoms with Gasteiger partial charge in [-0.2, -0.15) is 0 Å². The predicted octanol–water partition coefficient (Wildman–Crippen LogP) is 6.03. The van der Waals surface area contributed by atoms with Crippen LogP contribution in [-0.2, 0) is 0 Å². The molecule has 1 aromatic carbocycles. The van der Waals surface area contributed by atoms with Crippen molar-refractivity contribution in [3.8, 4) is 11.6 Å². The van der Waals surface area contributed by atoms with Crippen molar-refractivity contribution in [3.63, 3.8) is 0 Å². The third kappa shape index (κ3) is 4.15. The van der Waals surface area contributed by atoms with Gasteiger partial charge >= 0.3 is 0 Å². The number of halogens is 1. The molecule has 178 valence electrons. The number of nitrogens with one attached hydrogen (secondary N) is 1. The molecule has 0 saturated carbocycles. The van der Waals surface area contributed by atoms with Crippen LogP contribution in [0, 0.1) is 20.8 Å². The number of methoxy groups -OCH3 is 1. The molecule has 5 rings (SSSR count). The standard InChI is InChI=1S/C27H26ClN5OS/c1-16-8-11-24(30-15-16)32-17(2)13-20(18(32)3)26-25(22-7-5-6-12-29-22)31-27(35)33(26)19-9-10-23(34-4)21(28)14-19/h5-15,25-26H,1-4H3,(H,31,35). The van der Waals surface area contributed by atoms with Gasteiger partial charge in [-0.3, -0.25) is 4.98 Å². The number of hydrogen-bond acceptors (Lipinski definition) is 4. The molecule has 4 aromatic rings. The first-order valence-electron chi connectivity index (χ1n) is 11.3. The summed E-state index contributed by atoms with van der Waals surface area (Å²) in [5.74, 6) is 1.51. The predicted molar refractivity (Wildman–Crippen MR) is 144 cm³/mol. The number of benzene rings is 1. The molecule has 1 N–H and O–H groups in total. The Kier molecular flexibility index (Phi) is 6.21. The monoisotopic (exact) mass is 503 g/mol. The van der Waals surface area contributed by atoms with Crippen molar-refractivity contribution >= 4 is 34.6 Å². The molecule has 4 heterocycles. The number of hydrogen-bond donors (Lipinski definition) is 1. The second kappa shape index (κ2) is 9.32. The van der Waals surface area contributed by atoms with Gasteiger partial charge in [-0.05, 0) is 86.6 Å². The van der Waals surface area contributed by atoms with E-state index in [-0.39, 0.29) is 12.1 Å². The maximum Gasteiger partial charge on any atom is 0.174 e. The number of aromatic nitrogens is 3. The minimum Gasteiger partial charge on any atom is -0.495 e. The normalized spacial score (nSPS) is 17.5. The van der Waals surface area contributed by atoms with Gasteiger partial charge in [0.25, 0.3) is 0 Å². The van der Waals surface area contributed by atoms with Crippen LogP contribution in [0.15, 0.2) is 67.0 Å². The average Bonchev–Trinajstić information content (AvgIpc) is 3.35. The Labute approximate surface area is 215 Å². The van der Waals surface area contributed by atoms with Crippen molar-refractivity contribution in [2.45, 2.75) is 32.9 Å². The average molecular weight is 504 g/mol. The molecule has 2 unspecified atom stereocenters. The molecule has 0 radical (unpaired) electrons. The molecule has 6 nitrogen and oxygen atoms in total. The lowest BCUT2D eigenvalue weighted by Gasteiger charge is -2.28. The fourth-order valence-electron chi connectivity index (χ4n) is 4.79. The molecule has 2 atom stereocenters. The van der Waals surface area contributed by atoms with Crippen LogP contribution >= 0.6 is 23.8 Å². The zero-order valence-electron chi connectivity index (χ0n) is 20.0. The molecule has 1 saturated heterocycles. The largest absolute Gasteiger partial charge is 0.495 e. The summed E-state index contributed by atoms with van der Waals surface area (Å²) in [6.07, 6.45) is 3.70. The number of nitrogens with zero attached hydrogens (tertiary/aromatic N) is 4. The van der Waals surface area contributed by atoms with Crippen LogP contribution in [0.2, 0.25) is 5.02 Å². The Morgan fingerprint density at radius 3 is 2.51 bits per heavy atom. The zero-order chi connectivity index (χ0) is 24.7. The van der Waals surface area contributed by atoms with Crippen molar-refractivity contribution in [3.05, 3.63) is 100 Å². The SMILES string of the molecule is COc1ccc(N2C(=S)NC(c3ccccn3)C2c2cc(C)n(-c3ccc(C)cn3)c2C)cc1Cl. The molecule has 3 aromatic heterocycles. The van der Waals surface area contributed by atoms with Crippen molar-refractivity contribution in [2.24, 2.45) is 0 Å². The van der Waals surface area contributed by atoms with E-state index in [9.17, 15) is 0 Å². The molecule has 1 fully saturated rings. The van der Waals surface area contributed by atoms with E-state index >= 15 is 0 Å². The van der Waals surface area contributed by atoms with Crippen molar-refractivity contribution < 1.29 is 4.74 Å². The van der Waals surface area contributed by atoms with Crippen molar-refractivity contribution in [1.82, 2.24) is 19.9 Å². The zero-order valence-corrected chi connectivity index (χ0v) is 21.6. The van der Waals surface area contributed by atoms with Crippen LogP contribution in [0.25, 0.3) is 5.82 Å². The molecule has 8 heteroatoms. The summed E-state index contributed by atoms with van der Waals surface area (Å²) in [6.45, 7) is 6.26. The minimum atomic E-state index is -0.149. The lowest BCUT2D eigenvalue weighted by atomic mass is 9.96. The van der Waals surface area contributed by atoms with Gasteiger partial charge in [0.05, 0.1) is 29.9 Å². The highest BCUT2D eigenvalue weighted by Gasteiger charge is 2.42. The van der Waals surface area contributed by atoms with E-state index in [0.717, 1.165) is 39.7 Å². The highest BCUT2D eigenvalue weighted by Crippen LogP contribution is 2.44. The van der Waals surface area contributed by atoms with Gasteiger partial charge in [-0.1, -0.05) is 23.7 Å². The number of pyridine rings is 2. The van der Waals surface area contributed by atoms with E-state index < -0.39 is 0 Å². The van der Waals surface area contributed by atoms with E-state index in [1.165, 1.54) is 0 Å². The first kappa shape index (κ1) is 23.3. The van der Waals surface area contributed by atoms with Crippen LogP contribution in [0.5, 0.6) is 5.75 Å². The molecule has 0 aliphatic carbocycles. The molecular formula is C27H26ClN5OS. The number of anilines is 1. The second-order valence-electron chi connectivity index (χ2n) is 8.67. The first-order chi connectivity index (χ1) is 16.9. The fourth-order valence-corrected chi connectivity index (χ4v) is 5.38. The third-order valence-corrected chi connectivity index (χ3v) is 7.04. The summed E-state index contributed by atoms with van der Waals surface area (Å²) in [7, 11) is 1.61. The summed E-state index contributed by atoms with van der Waals surface area (Å²) in [5, 5.41) is 4.66. The highest BCUT2D eigenvalue weighted by atomic mass is 35.5. The van der Waals surface area contributed by atoms with Crippen molar-refractivity contribution in [2.75, 3.05) is 12.0 Å². The quantitative estimate of drug-likeness (QED) is 0.335. The molecule has 0 bridgehead atoms. The highest BCUT2D eigenvalue weighted by molar-refractivity contribution is 7.80. The van der Waals surface area contributed by atoms with E-state index in [1.54, 1.807) is 7.11 Å². The van der Waals surface area contributed by atoms with Crippen molar-refractivity contribution in [1.29, 1.82) is 0 Å². The van der Waals surface area contributed by atoms with Gasteiger partial charge in [0.2, 0.25) is 0 Å². The Balaban J connectivity index is 1.67. The van der Waals surface area contributed by atoms with Gasteiger partial charge in [0.1, 0.15) is 11.6 Å². The van der Waals surface area contributed by atoms with E-state index in [0.29, 0.717) is 15.9 Å². The number of ether oxygens (including phenoxy) is 1. The van der Waals surface area contributed by atoms with Gasteiger partial charge in [0, 0.05) is 29.5 Å². The van der Waals surface area contributed by atoms with Crippen LogP contribution < -0.4 is 15.0 Å². The Bertz CT molecular complexity index is 1390. The molecule has 0 amide bonds. The van der Waals surface area contributed by atoms with Gasteiger partial charge < -0.3 is 19.5 Å². The second-order valence-corrected chi connectivity index (χ2v) is 9.46. The summed E-state index contributed by atoms with van der Waals surface area (Å²) < 4.78 is 7.55. The number of aryl methyl sites for hydroxylation is 2. The summed E-state index contributed by atoms with van der Waals surface area (Å²) in [5.41, 5.74) is 6.26. The smallest absolute Gasteiger partial charge is 0.174 e. The van der Waals surface area contributed by atoms with E-state index in [2.05, 4.69) is 50.7 Å². The lowest BCUT2D eigenvalue weighted by Crippen LogP contribution is -2.29. The first-order valence-corrected chi connectivity index (χ1v) is 12.1. The Hall–Kier alpha value is -3.42. The maximum atomic E-state index is 6.52. The number of rotatable bonds is 5. The molecule has 0 spiro atoms. The van der Waals surface area contributed by atoms with Gasteiger partial charge in [-0.25, -0.2) is 4.98 Å². The maximum absolute atomic E-state index is 6.52. The van der Waals surface area contributed by atoms with Crippen LogP contribution in [0.4, 0.5) is 5.69 Å². The Morgan fingerprint density at radius 2 is 1.86 bits per heavy atom. The summed E-state index contributed by atoms with van der Waals surface area (Å²) >= 11 is 12.4. The third-order valence-electron chi connectivity index (χ3n) is 6.43. The molecule has 1 aliphatic rings. The fraction of sp³-hybridized carbons (Fsp3) is 0.222. The van der Waals surface area contributed by atoms with E-state index in [4.69, 9.17) is 28.6 Å². The summed E-state index contributed by atoms with van der Waals surface area (Å²) in [6, 6.07) is 17.7. The van der Waals surface area contributed by atoms with Gasteiger partial charge in [-0.15, -0.1) is 0 Å².